The summed E-state index contributed by atoms with van der Waals surface area (Å²) in [6.07, 6.45) is 0.300. The van der Waals surface area contributed by atoms with E-state index in [0.717, 1.165) is 6.42 Å². The van der Waals surface area contributed by atoms with Crippen molar-refractivity contribution in [2.75, 3.05) is 19.8 Å². The average molecular weight is 492 g/mol. The van der Waals surface area contributed by atoms with Crippen LogP contribution in [-0.4, -0.2) is 31.1 Å². The average Bonchev–Trinajstić information content (AvgIpc) is 3.63. The molecule has 35 heavy (non-hydrogen) atoms. The molecule has 192 valence electrons. The number of nitrogens with two attached hydrogens (primary N) is 1. The van der Waals surface area contributed by atoms with Crippen LogP contribution in [0.15, 0.2) is 36.4 Å². The Morgan fingerprint density at radius 3 is 2.29 bits per heavy atom. The molecule has 0 spiro atoms. The molecule has 0 unspecified atom stereocenters. The van der Waals surface area contributed by atoms with E-state index < -0.39 is 23.1 Å². The Bertz CT molecular complexity index is 1020. The Morgan fingerprint density at radius 2 is 1.66 bits per heavy atom. The van der Waals surface area contributed by atoms with Crippen molar-refractivity contribution in [3.8, 4) is 5.75 Å². The lowest BCUT2D eigenvalue weighted by atomic mass is 9.92. The molecule has 2 fully saturated rings. The fraction of sp³-hybridized carbons (Fsp3) is 0.571. The summed E-state index contributed by atoms with van der Waals surface area (Å²) in [5, 5.41) is 0. The molecule has 0 bridgehead atoms. The van der Waals surface area contributed by atoms with Gasteiger partial charge in [0.15, 0.2) is 5.79 Å². The zero-order valence-corrected chi connectivity index (χ0v) is 20.8. The molecule has 1 aliphatic carbocycles. The normalized spacial score (nSPS) is 19.5. The largest absolute Gasteiger partial charge is 0.493 e. The van der Waals surface area contributed by atoms with Gasteiger partial charge in [0.2, 0.25) is 0 Å². The van der Waals surface area contributed by atoms with E-state index in [-0.39, 0.29) is 12.4 Å². The minimum Gasteiger partial charge on any atom is -0.493 e. The highest BCUT2D eigenvalue weighted by Crippen LogP contribution is 2.42. The first-order chi connectivity index (χ1) is 16.4. The number of rotatable bonds is 9. The van der Waals surface area contributed by atoms with Crippen LogP contribution in [0, 0.1) is 6.92 Å². The first-order valence-electron chi connectivity index (χ1n) is 12.4. The van der Waals surface area contributed by atoms with Crippen molar-refractivity contribution >= 4 is 0 Å². The van der Waals surface area contributed by atoms with E-state index in [2.05, 4.69) is 25.1 Å². The SMILES string of the molecule is Cc1cc(CCCOc2ccc(CCC3(N)COC(C)(C)OC3)cc2C(F)(F)F)ccc1C1CC1. The van der Waals surface area contributed by atoms with Gasteiger partial charge in [0.25, 0.3) is 0 Å². The summed E-state index contributed by atoms with van der Waals surface area (Å²) in [5.74, 6) is -0.109. The van der Waals surface area contributed by atoms with Crippen LogP contribution in [0.25, 0.3) is 0 Å². The first-order valence-corrected chi connectivity index (χ1v) is 12.4. The topological polar surface area (TPSA) is 53.7 Å². The summed E-state index contributed by atoms with van der Waals surface area (Å²) >= 11 is 0. The summed E-state index contributed by atoms with van der Waals surface area (Å²) < 4.78 is 58.2. The maximum Gasteiger partial charge on any atom is 0.419 e. The number of alkyl halides is 3. The van der Waals surface area contributed by atoms with E-state index in [1.165, 1.54) is 41.7 Å². The van der Waals surface area contributed by atoms with E-state index >= 15 is 0 Å². The van der Waals surface area contributed by atoms with Crippen LogP contribution in [0.2, 0.25) is 0 Å². The van der Waals surface area contributed by atoms with Crippen molar-refractivity contribution in [2.24, 2.45) is 5.73 Å². The Hall–Kier alpha value is -2.09. The molecule has 2 aliphatic rings. The zero-order chi connectivity index (χ0) is 25.3. The van der Waals surface area contributed by atoms with Gasteiger partial charge in [-0.25, -0.2) is 0 Å². The van der Waals surface area contributed by atoms with E-state index in [1.54, 1.807) is 6.07 Å². The van der Waals surface area contributed by atoms with Crippen LogP contribution in [-0.2, 0) is 28.5 Å². The monoisotopic (exact) mass is 491 g/mol. The second-order valence-electron chi connectivity index (χ2n) is 10.6. The van der Waals surface area contributed by atoms with Crippen LogP contribution in [0.3, 0.4) is 0 Å². The Balaban J connectivity index is 1.32. The molecular weight excluding hydrogens is 455 g/mol. The maximum atomic E-state index is 13.8. The third-order valence-corrected chi connectivity index (χ3v) is 6.89. The van der Waals surface area contributed by atoms with Gasteiger partial charge in [-0.15, -0.1) is 0 Å². The molecule has 0 atom stereocenters. The predicted molar refractivity (Wildman–Crippen MR) is 130 cm³/mol. The Labute approximate surface area is 205 Å². The van der Waals surface area contributed by atoms with Gasteiger partial charge in [-0.05, 0) is 99.6 Å². The smallest absolute Gasteiger partial charge is 0.419 e. The van der Waals surface area contributed by atoms with Gasteiger partial charge in [0.1, 0.15) is 5.75 Å². The summed E-state index contributed by atoms with van der Waals surface area (Å²) in [7, 11) is 0. The number of aryl methyl sites for hydroxylation is 3. The molecule has 2 aromatic carbocycles. The molecule has 4 nitrogen and oxygen atoms in total. The zero-order valence-electron chi connectivity index (χ0n) is 20.8. The van der Waals surface area contributed by atoms with Crippen LogP contribution >= 0.6 is 0 Å². The molecule has 2 N–H and O–H groups in total. The van der Waals surface area contributed by atoms with Crippen molar-refractivity contribution in [2.45, 2.75) is 82.7 Å². The number of benzene rings is 2. The molecule has 1 heterocycles. The molecule has 1 aliphatic heterocycles. The predicted octanol–water partition coefficient (Wildman–Crippen LogP) is 6.32. The van der Waals surface area contributed by atoms with Gasteiger partial charge >= 0.3 is 6.18 Å². The molecule has 1 saturated carbocycles. The van der Waals surface area contributed by atoms with Gasteiger partial charge in [-0.1, -0.05) is 24.3 Å². The van der Waals surface area contributed by atoms with Gasteiger partial charge in [-0.2, -0.15) is 13.2 Å². The highest BCUT2D eigenvalue weighted by Gasteiger charge is 2.38. The van der Waals surface area contributed by atoms with Gasteiger partial charge < -0.3 is 19.9 Å². The van der Waals surface area contributed by atoms with Crippen LogP contribution in [0.4, 0.5) is 13.2 Å². The molecule has 2 aromatic rings. The molecular formula is C28H36F3NO3. The minimum atomic E-state index is -4.50. The fourth-order valence-corrected chi connectivity index (χ4v) is 4.54. The third kappa shape index (κ3) is 6.99. The molecule has 4 rings (SSSR count). The molecule has 0 aromatic heterocycles. The molecule has 0 radical (unpaired) electrons. The van der Waals surface area contributed by atoms with Crippen molar-refractivity contribution in [3.05, 3.63) is 64.2 Å². The van der Waals surface area contributed by atoms with Crippen molar-refractivity contribution in [1.82, 2.24) is 0 Å². The number of hydrogen-bond donors (Lipinski definition) is 1. The Kier molecular flexibility index (Phi) is 7.51. The van der Waals surface area contributed by atoms with E-state index in [0.29, 0.717) is 44.0 Å². The van der Waals surface area contributed by atoms with Gasteiger partial charge in [0, 0.05) is 0 Å². The molecule has 1 saturated heterocycles. The maximum absolute atomic E-state index is 13.8. The van der Waals surface area contributed by atoms with Crippen LogP contribution < -0.4 is 10.5 Å². The van der Waals surface area contributed by atoms with Crippen molar-refractivity contribution in [1.29, 1.82) is 0 Å². The lowest BCUT2D eigenvalue weighted by Crippen LogP contribution is -2.57. The van der Waals surface area contributed by atoms with E-state index in [9.17, 15) is 13.2 Å². The summed E-state index contributed by atoms with van der Waals surface area (Å²) in [6, 6.07) is 10.8. The first kappa shape index (κ1) is 26.0. The van der Waals surface area contributed by atoms with Gasteiger partial charge in [0.05, 0.1) is 30.9 Å². The highest BCUT2D eigenvalue weighted by molar-refractivity contribution is 5.40. The number of hydrogen-bond acceptors (Lipinski definition) is 4. The third-order valence-electron chi connectivity index (χ3n) is 6.89. The quantitative estimate of drug-likeness (QED) is 0.417. The highest BCUT2D eigenvalue weighted by atomic mass is 19.4. The van der Waals surface area contributed by atoms with Crippen LogP contribution in [0.5, 0.6) is 5.75 Å². The van der Waals surface area contributed by atoms with E-state index in [1.807, 2.05) is 13.8 Å². The lowest BCUT2D eigenvalue weighted by Gasteiger charge is -2.41. The van der Waals surface area contributed by atoms with Crippen molar-refractivity contribution < 1.29 is 27.4 Å². The standard InChI is InChI=1S/C28H36F3NO3/c1-19-15-20(6-10-23(19)22-8-9-22)5-4-14-33-25-11-7-21(16-24(25)28(29,30)31)12-13-27(32)17-34-26(2,3)35-18-27/h6-7,10-11,15-16,22H,4-5,8-9,12-14,17-18,32H2,1-3H3. The summed E-state index contributed by atoms with van der Waals surface area (Å²) in [5.41, 5.74) is 9.36. The molecule has 7 heteroatoms. The number of ether oxygens (including phenoxy) is 3. The molecule has 0 amide bonds. The minimum absolute atomic E-state index is 0.130. The van der Waals surface area contributed by atoms with Crippen LogP contribution in [0.1, 0.15) is 73.3 Å². The second kappa shape index (κ2) is 10.1. The van der Waals surface area contributed by atoms with Crippen molar-refractivity contribution in [3.63, 3.8) is 0 Å². The summed E-state index contributed by atoms with van der Waals surface area (Å²) in [6.45, 7) is 6.58. The lowest BCUT2D eigenvalue weighted by molar-refractivity contribution is -0.267. The van der Waals surface area contributed by atoms with E-state index in [4.69, 9.17) is 19.9 Å². The Morgan fingerprint density at radius 1 is 1.00 bits per heavy atom. The number of halogens is 3. The second-order valence-corrected chi connectivity index (χ2v) is 10.6. The fourth-order valence-electron chi connectivity index (χ4n) is 4.54. The summed E-state index contributed by atoms with van der Waals surface area (Å²) in [4.78, 5) is 0. The van der Waals surface area contributed by atoms with Gasteiger partial charge in [-0.3, -0.25) is 0 Å².